The highest BCUT2D eigenvalue weighted by atomic mass is 16.4. The first-order chi connectivity index (χ1) is 12.8. The summed E-state index contributed by atoms with van der Waals surface area (Å²) in [6, 6.07) is 0. The van der Waals surface area contributed by atoms with Crippen molar-refractivity contribution in [1.29, 1.82) is 0 Å². The largest absolute Gasteiger partial charge is 0.481 e. The van der Waals surface area contributed by atoms with Crippen LogP contribution in [0, 0.1) is 40.4 Å². The molecule has 3 nitrogen and oxygen atoms in total. The van der Waals surface area contributed by atoms with Gasteiger partial charge in [0.2, 0.25) is 0 Å². The number of aliphatic hydroxyl groups excluding tert-OH is 1. The topological polar surface area (TPSA) is 57.5 Å². The number of aliphatic hydroxyl groups is 1. The minimum Gasteiger partial charge on any atom is -0.481 e. The fourth-order valence-corrected chi connectivity index (χ4v) is 8.17. The second kappa shape index (κ2) is 6.90. The third-order valence-corrected chi connectivity index (χ3v) is 9.65. The van der Waals surface area contributed by atoms with Crippen LogP contribution < -0.4 is 0 Å². The quantitative estimate of drug-likeness (QED) is 0.645. The Morgan fingerprint density at radius 3 is 2.70 bits per heavy atom. The molecule has 0 aromatic heterocycles. The van der Waals surface area contributed by atoms with Crippen LogP contribution in [0.1, 0.15) is 85.0 Å². The van der Waals surface area contributed by atoms with Gasteiger partial charge in [-0.15, -0.1) is 0 Å². The number of aliphatic carboxylic acids is 1. The summed E-state index contributed by atoms with van der Waals surface area (Å²) < 4.78 is 0. The van der Waals surface area contributed by atoms with Crippen molar-refractivity contribution in [3.63, 3.8) is 0 Å². The zero-order chi connectivity index (χ0) is 19.4. The lowest BCUT2D eigenvalue weighted by Gasteiger charge is -2.58. The van der Waals surface area contributed by atoms with Crippen molar-refractivity contribution >= 4 is 5.97 Å². The summed E-state index contributed by atoms with van der Waals surface area (Å²) in [5, 5.41) is 19.2. The first-order valence-corrected chi connectivity index (χ1v) is 11.3. The first-order valence-electron chi connectivity index (χ1n) is 11.3. The van der Waals surface area contributed by atoms with E-state index in [9.17, 15) is 9.90 Å². The van der Waals surface area contributed by atoms with E-state index in [2.05, 4.69) is 26.8 Å². The Morgan fingerprint density at radius 2 is 1.96 bits per heavy atom. The monoisotopic (exact) mass is 374 g/mol. The van der Waals surface area contributed by atoms with E-state index in [1.165, 1.54) is 32.1 Å². The number of fused-ring (bicyclic) bond motifs is 5. The van der Waals surface area contributed by atoms with Gasteiger partial charge in [-0.25, -0.2) is 0 Å². The van der Waals surface area contributed by atoms with Gasteiger partial charge in [-0.2, -0.15) is 0 Å². The van der Waals surface area contributed by atoms with Gasteiger partial charge in [0.05, 0.1) is 6.10 Å². The highest BCUT2D eigenvalue weighted by Gasteiger charge is 2.59. The fraction of sp³-hybridized carbons (Fsp3) is 0.875. The minimum atomic E-state index is -0.650. The van der Waals surface area contributed by atoms with E-state index < -0.39 is 5.97 Å². The number of carboxylic acids is 1. The lowest BCUT2D eigenvalue weighted by atomic mass is 9.47. The zero-order valence-electron chi connectivity index (χ0n) is 17.4. The zero-order valence-corrected chi connectivity index (χ0v) is 17.4. The van der Waals surface area contributed by atoms with E-state index in [0.29, 0.717) is 29.1 Å². The number of hydrogen-bond acceptors (Lipinski definition) is 2. The summed E-state index contributed by atoms with van der Waals surface area (Å²) in [5.74, 6) is 2.94. The Morgan fingerprint density at radius 1 is 1.19 bits per heavy atom. The highest BCUT2D eigenvalue weighted by Crippen LogP contribution is 2.67. The van der Waals surface area contributed by atoms with Crippen molar-refractivity contribution in [3.05, 3.63) is 11.6 Å². The van der Waals surface area contributed by atoms with Gasteiger partial charge in [0, 0.05) is 6.42 Å². The first kappa shape index (κ1) is 19.5. The summed E-state index contributed by atoms with van der Waals surface area (Å²) in [5.41, 5.74) is 2.27. The van der Waals surface area contributed by atoms with Crippen LogP contribution in [0.2, 0.25) is 0 Å². The second-order valence-corrected chi connectivity index (χ2v) is 10.8. The molecule has 0 aromatic carbocycles. The van der Waals surface area contributed by atoms with Crippen LogP contribution in [0.5, 0.6) is 0 Å². The van der Waals surface area contributed by atoms with Crippen LogP contribution in [-0.4, -0.2) is 22.3 Å². The summed E-state index contributed by atoms with van der Waals surface area (Å²) >= 11 is 0. The minimum absolute atomic E-state index is 0.124. The molecule has 8 atom stereocenters. The molecule has 27 heavy (non-hydrogen) atoms. The number of allylic oxidation sites excluding steroid dienone is 1. The van der Waals surface area contributed by atoms with Crippen molar-refractivity contribution in [2.24, 2.45) is 40.4 Å². The van der Waals surface area contributed by atoms with Crippen molar-refractivity contribution < 1.29 is 15.0 Å². The molecular weight excluding hydrogens is 336 g/mol. The maximum Gasteiger partial charge on any atom is 0.303 e. The van der Waals surface area contributed by atoms with E-state index in [1.807, 2.05) is 0 Å². The third kappa shape index (κ3) is 3.09. The predicted octanol–water partition coefficient (Wildman–Crippen LogP) is 5.43. The fourth-order valence-electron chi connectivity index (χ4n) is 8.17. The van der Waals surface area contributed by atoms with Crippen molar-refractivity contribution in [2.75, 3.05) is 0 Å². The molecule has 0 spiro atoms. The maximum absolute atomic E-state index is 11.0. The number of rotatable bonds is 4. The molecule has 0 heterocycles. The van der Waals surface area contributed by atoms with Crippen molar-refractivity contribution in [3.8, 4) is 0 Å². The van der Waals surface area contributed by atoms with Crippen LogP contribution in [0.4, 0.5) is 0 Å². The molecule has 4 aliphatic carbocycles. The Labute approximate surface area is 164 Å². The molecule has 0 bridgehead atoms. The Kier molecular flexibility index (Phi) is 4.98. The predicted molar refractivity (Wildman–Crippen MR) is 107 cm³/mol. The van der Waals surface area contributed by atoms with Gasteiger partial charge in [0.1, 0.15) is 0 Å². The van der Waals surface area contributed by atoms with Gasteiger partial charge < -0.3 is 10.2 Å². The lowest BCUT2D eigenvalue weighted by molar-refractivity contribution is -0.137. The third-order valence-electron chi connectivity index (χ3n) is 9.65. The molecule has 0 amide bonds. The molecule has 4 rings (SSSR count). The smallest absolute Gasteiger partial charge is 0.303 e. The van der Waals surface area contributed by atoms with Crippen LogP contribution in [0.15, 0.2) is 11.6 Å². The van der Waals surface area contributed by atoms with E-state index in [-0.39, 0.29) is 6.10 Å². The van der Waals surface area contributed by atoms with Gasteiger partial charge in [0.25, 0.3) is 0 Å². The van der Waals surface area contributed by atoms with Crippen LogP contribution >= 0.6 is 0 Å². The van der Waals surface area contributed by atoms with Gasteiger partial charge in [-0.3, -0.25) is 4.79 Å². The molecule has 0 radical (unpaired) electrons. The van der Waals surface area contributed by atoms with Gasteiger partial charge in [-0.1, -0.05) is 32.4 Å². The van der Waals surface area contributed by atoms with Gasteiger partial charge >= 0.3 is 5.97 Å². The number of hydrogen-bond donors (Lipinski definition) is 2. The average Bonchev–Trinajstić information content (AvgIpc) is 2.97. The Balaban J connectivity index is 1.54. The lowest BCUT2D eigenvalue weighted by Crippen LogP contribution is -2.50. The highest BCUT2D eigenvalue weighted by molar-refractivity contribution is 5.66. The van der Waals surface area contributed by atoms with Crippen LogP contribution in [0.3, 0.4) is 0 Å². The van der Waals surface area contributed by atoms with E-state index in [1.54, 1.807) is 5.57 Å². The maximum atomic E-state index is 11.0. The SMILES string of the molecule is C[C@H](CCC(=O)O)[C@H]1CC[C@H]2[C@H]3CC=C4C[C@@H](O)CC[C@]4(C)[C@@H]3CC[C@]12C. The number of carboxylic acid groups (broad SMARTS) is 1. The Bertz CT molecular complexity index is 625. The molecule has 0 unspecified atom stereocenters. The van der Waals surface area contributed by atoms with Crippen molar-refractivity contribution in [2.45, 2.75) is 91.1 Å². The normalized spacial score (nSPS) is 47.4. The van der Waals surface area contributed by atoms with Crippen LogP contribution in [0.25, 0.3) is 0 Å². The standard InChI is InChI=1S/C24H38O3/c1-15(4-9-22(26)27)19-7-8-20-18-6-5-16-14-17(25)10-12-23(16,2)21(18)11-13-24(19,20)3/h5,15,17-21,25H,4,6-14H2,1-3H3,(H,26,27)/t15-,17+,18-,19-,20+,21-,23+,24-/m1/s1. The van der Waals surface area contributed by atoms with Crippen molar-refractivity contribution in [1.82, 2.24) is 0 Å². The van der Waals surface area contributed by atoms with E-state index in [4.69, 9.17) is 5.11 Å². The average molecular weight is 375 g/mol. The summed E-state index contributed by atoms with van der Waals surface area (Å²) in [4.78, 5) is 11.0. The molecule has 2 N–H and O–H groups in total. The van der Waals surface area contributed by atoms with Gasteiger partial charge in [-0.05, 0) is 98.2 Å². The van der Waals surface area contributed by atoms with Gasteiger partial charge in [0.15, 0.2) is 0 Å². The summed E-state index contributed by atoms with van der Waals surface area (Å²) in [6.07, 6.45) is 13.0. The molecular formula is C24H38O3. The van der Waals surface area contributed by atoms with E-state index in [0.717, 1.165) is 43.4 Å². The van der Waals surface area contributed by atoms with Crippen LogP contribution in [-0.2, 0) is 4.79 Å². The van der Waals surface area contributed by atoms with E-state index >= 15 is 0 Å². The molecule has 0 aromatic rings. The second-order valence-electron chi connectivity index (χ2n) is 10.8. The number of carbonyl (C=O) groups is 1. The molecule has 3 saturated carbocycles. The summed E-state index contributed by atoms with van der Waals surface area (Å²) in [6.45, 7) is 7.33. The molecule has 3 heteroatoms. The molecule has 0 saturated heterocycles. The molecule has 152 valence electrons. The summed E-state index contributed by atoms with van der Waals surface area (Å²) in [7, 11) is 0. The molecule has 3 fully saturated rings. The molecule has 0 aliphatic heterocycles. The Hall–Kier alpha value is -0.830. The molecule has 4 aliphatic rings.